The number of aromatic nitrogens is 1. The van der Waals surface area contributed by atoms with Crippen molar-refractivity contribution in [3.05, 3.63) is 29.0 Å². The Morgan fingerprint density at radius 2 is 2.21 bits per heavy atom. The van der Waals surface area contributed by atoms with E-state index in [2.05, 4.69) is 4.98 Å². The minimum absolute atomic E-state index is 0.176. The Balaban J connectivity index is 2.80. The molecule has 0 aromatic carbocycles. The van der Waals surface area contributed by atoms with E-state index in [1.807, 2.05) is 0 Å². The van der Waals surface area contributed by atoms with Gasteiger partial charge in [-0.1, -0.05) is 17.7 Å². The molecule has 0 spiro atoms. The minimum atomic E-state index is -3.34. The first-order valence-electron chi connectivity index (χ1n) is 3.71. The summed E-state index contributed by atoms with van der Waals surface area (Å²) in [5.74, 6) is -0.652. The fourth-order valence-corrected chi connectivity index (χ4v) is 1.98. The SMILES string of the molecule is N#CCS(=O)(=O)Cc1ccc(Cl)nc1. The maximum absolute atomic E-state index is 11.2. The Labute approximate surface area is 87.1 Å². The number of hydrogen-bond donors (Lipinski definition) is 0. The van der Waals surface area contributed by atoms with Gasteiger partial charge in [0.2, 0.25) is 0 Å². The number of rotatable bonds is 3. The molecule has 0 amide bonds. The van der Waals surface area contributed by atoms with Crippen LogP contribution >= 0.6 is 11.6 Å². The summed E-state index contributed by atoms with van der Waals surface area (Å²) in [6.07, 6.45) is 1.39. The van der Waals surface area contributed by atoms with Crippen LogP contribution in [0.2, 0.25) is 5.15 Å². The van der Waals surface area contributed by atoms with Gasteiger partial charge in [0.15, 0.2) is 9.84 Å². The molecule has 0 aliphatic heterocycles. The van der Waals surface area contributed by atoms with Crippen molar-refractivity contribution in [2.24, 2.45) is 0 Å². The number of hydrogen-bond acceptors (Lipinski definition) is 4. The van der Waals surface area contributed by atoms with Gasteiger partial charge in [0.25, 0.3) is 0 Å². The standard InChI is InChI=1S/C8H7ClN2O2S/c9-8-2-1-7(5-11-8)6-14(12,13)4-3-10/h1-2,5H,4,6H2. The first-order valence-corrected chi connectivity index (χ1v) is 5.91. The smallest absolute Gasteiger partial charge is 0.167 e. The number of sulfone groups is 1. The van der Waals surface area contributed by atoms with Crippen LogP contribution in [0.4, 0.5) is 0 Å². The molecule has 0 aliphatic carbocycles. The Morgan fingerprint density at radius 1 is 1.50 bits per heavy atom. The molecule has 0 aliphatic rings. The third-order valence-corrected chi connectivity index (χ3v) is 3.03. The largest absolute Gasteiger partial charge is 0.244 e. The fourth-order valence-electron chi connectivity index (χ4n) is 0.895. The normalized spacial score (nSPS) is 10.9. The van der Waals surface area contributed by atoms with Crippen LogP contribution in [0, 0.1) is 11.3 Å². The third-order valence-electron chi connectivity index (χ3n) is 1.46. The Kier molecular flexibility index (Phi) is 3.44. The molecule has 0 unspecified atom stereocenters. The van der Waals surface area contributed by atoms with E-state index >= 15 is 0 Å². The zero-order chi connectivity index (χ0) is 10.6. The van der Waals surface area contributed by atoms with Crippen molar-refractivity contribution >= 4 is 21.4 Å². The van der Waals surface area contributed by atoms with Crippen LogP contribution in [0.3, 0.4) is 0 Å². The molecule has 0 N–H and O–H groups in total. The van der Waals surface area contributed by atoms with E-state index in [0.29, 0.717) is 10.7 Å². The van der Waals surface area contributed by atoms with E-state index in [1.165, 1.54) is 12.3 Å². The van der Waals surface area contributed by atoms with E-state index in [-0.39, 0.29) is 5.75 Å². The summed E-state index contributed by atoms with van der Waals surface area (Å²) in [5.41, 5.74) is 0.532. The van der Waals surface area contributed by atoms with Crippen molar-refractivity contribution in [3.63, 3.8) is 0 Å². The van der Waals surface area contributed by atoms with Crippen molar-refractivity contribution in [2.45, 2.75) is 5.75 Å². The molecule has 4 nitrogen and oxygen atoms in total. The average Bonchev–Trinajstić information content (AvgIpc) is 2.08. The molecule has 0 atom stereocenters. The van der Waals surface area contributed by atoms with Crippen molar-refractivity contribution in [3.8, 4) is 6.07 Å². The molecule has 14 heavy (non-hydrogen) atoms. The number of nitriles is 1. The topological polar surface area (TPSA) is 70.8 Å². The molecular weight excluding hydrogens is 224 g/mol. The highest BCUT2D eigenvalue weighted by Crippen LogP contribution is 2.08. The predicted molar refractivity (Wildman–Crippen MR) is 52.4 cm³/mol. The highest BCUT2D eigenvalue weighted by molar-refractivity contribution is 7.90. The van der Waals surface area contributed by atoms with E-state index in [4.69, 9.17) is 16.9 Å². The van der Waals surface area contributed by atoms with Crippen LogP contribution < -0.4 is 0 Å². The third kappa shape index (κ3) is 3.32. The summed E-state index contributed by atoms with van der Waals surface area (Å²) in [4.78, 5) is 3.74. The first kappa shape index (κ1) is 11.0. The molecule has 1 aromatic rings. The number of nitrogens with zero attached hydrogens (tertiary/aromatic N) is 2. The number of halogens is 1. The summed E-state index contributed by atoms with van der Waals surface area (Å²) in [6, 6.07) is 4.69. The quantitative estimate of drug-likeness (QED) is 0.731. The van der Waals surface area contributed by atoms with Gasteiger partial charge in [-0.25, -0.2) is 13.4 Å². The molecule has 6 heteroatoms. The molecule has 1 heterocycles. The molecule has 0 saturated heterocycles. The minimum Gasteiger partial charge on any atom is -0.244 e. The van der Waals surface area contributed by atoms with Gasteiger partial charge in [-0.2, -0.15) is 5.26 Å². The van der Waals surface area contributed by atoms with Gasteiger partial charge in [-0.3, -0.25) is 0 Å². The Hall–Kier alpha value is -1.12. The second kappa shape index (κ2) is 4.40. The lowest BCUT2D eigenvalue weighted by atomic mass is 10.3. The van der Waals surface area contributed by atoms with Gasteiger partial charge < -0.3 is 0 Å². The van der Waals surface area contributed by atoms with Gasteiger partial charge in [-0.15, -0.1) is 0 Å². The van der Waals surface area contributed by atoms with E-state index in [9.17, 15) is 8.42 Å². The van der Waals surface area contributed by atoms with Gasteiger partial charge >= 0.3 is 0 Å². The van der Waals surface area contributed by atoms with Gasteiger partial charge in [0.1, 0.15) is 10.9 Å². The molecule has 0 radical (unpaired) electrons. The van der Waals surface area contributed by atoms with Crippen molar-refractivity contribution in [1.82, 2.24) is 4.98 Å². The summed E-state index contributed by atoms with van der Waals surface area (Å²) >= 11 is 5.53. The zero-order valence-electron chi connectivity index (χ0n) is 7.14. The second-order valence-corrected chi connectivity index (χ2v) is 5.13. The van der Waals surface area contributed by atoms with E-state index < -0.39 is 15.6 Å². The van der Waals surface area contributed by atoms with Crippen LogP contribution in [0.1, 0.15) is 5.56 Å². The predicted octanol–water partition coefficient (Wildman–Crippen LogP) is 1.17. The maximum Gasteiger partial charge on any atom is 0.167 e. The Bertz CT molecular complexity index is 447. The summed E-state index contributed by atoms with van der Waals surface area (Å²) < 4.78 is 22.4. The van der Waals surface area contributed by atoms with Gasteiger partial charge in [-0.05, 0) is 11.6 Å². The molecule has 1 rings (SSSR count). The van der Waals surface area contributed by atoms with Crippen molar-refractivity contribution in [1.29, 1.82) is 5.26 Å². The number of pyridine rings is 1. The molecule has 0 saturated carbocycles. The van der Waals surface area contributed by atoms with Crippen molar-refractivity contribution in [2.75, 3.05) is 5.75 Å². The molecule has 74 valence electrons. The van der Waals surface area contributed by atoms with Gasteiger partial charge in [0.05, 0.1) is 11.8 Å². The highest BCUT2D eigenvalue weighted by atomic mass is 35.5. The van der Waals surface area contributed by atoms with Crippen molar-refractivity contribution < 1.29 is 8.42 Å². The lowest BCUT2D eigenvalue weighted by Crippen LogP contribution is -2.07. The van der Waals surface area contributed by atoms with E-state index in [0.717, 1.165) is 0 Å². The van der Waals surface area contributed by atoms with Gasteiger partial charge in [0, 0.05) is 6.20 Å². The average molecular weight is 231 g/mol. The van der Waals surface area contributed by atoms with Crippen LogP contribution in [0.15, 0.2) is 18.3 Å². The highest BCUT2D eigenvalue weighted by Gasteiger charge is 2.11. The van der Waals surface area contributed by atoms with Crippen LogP contribution in [-0.2, 0) is 15.6 Å². The lowest BCUT2D eigenvalue weighted by molar-refractivity contribution is 0.598. The lowest BCUT2D eigenvalue weighted by Gasteiger charge is -1.99. The first-order chi connectivity index (χ1) is 6.53. The molecule has 1 aromatic heterocycles. The zero-order valence-corrected chi connectivity index (χ0v) is 8.72. The Morgan fingerprint density at radius 3 is 2.71 bits per heavy atom. The summed E-state index contributed by atoms with van der Waals surface area (Å²) in [7, 11) is -3.34. The fraction of sp³-hybridized carbons (Fsp3) is 0.250. The maximum atomic E-state index is 11.2. The van der Waals surface area contributed by atoms with E-state index in [1.54, 1.807) is 12.1 Å². The molecular formula is C8H7ClN2O2S. The second-order valence-electron chi connectivity index (χ2n) is 2.68. The summed E-state index contributed by atoms with van der Waals surface area (Å²) in [6.45, 7) is 0. The summed E-state index contributed by atoms with van der Waals surface area (Å²) in [5, 5.41) is 8.57. The van der Waals surface area contributed by atoms with Crippen LogP contribution in [0.5, 0.6) is 0 Å². The molecule has 0 fully saturated rings. The van der Waals surface area contributed by atoms with Crippen LogP contribution in [-0.4, -0.2) is 19.2 Å². The molecule has 0 bridgehead atoms. The monoisotopic (exact) mass is 230 g/mol. The van der Waals surface area contributed by atoms with Crippen LogP contribution in [0.25, 0.3) is 0 Å².